The van der Waals surface area contributed by atoms with Gasteiger partial charge in [0.2, 0.25) is 0 Å². The van der Waals surface area contributed by atoms with E-state index in [1.54, 1.807) is 12.1 Å². The lowest BCUT2D eigenvalue weighted by Crippen LogP contribution is -2.30. The number of alkyl halides is 1. The summed E-state index contributed by atoms with van der Waals surface area (Å²) in [5.41, 5.74) is 0.658. The number of amides is 2. The molecule has 0 saturated heterocycles. The van der Waals surface area contributed by atoms with Crippen molar-refractivity contribution in [2.45, 2.75) is 0 Å². The Morgan fingerprint density at radius 2 is 1.80 bits per heavy atom. The molecule has 0 aliphatic carbocycles. The number of hydrogen-bond acceptors (Lipinski definition) is 2. The lowest BCUT2D eigenvalue weighted by molar-refractivity contribution is 0.252. The fourth-order valence-electron chi connectivity index (χ4n) is 1.60. The van der Waals surface area contributed by atoms with E-state index >= 15 is 0 Å². The molecule has 104 valence electrons. The molecule has 4 nitrogen and oxygen atoms in total. The van der Waals surface area contributed by atoms with E-state index in [0.29, 0.717) is 23.9 Å². The molecule has 0 aliphatic heterocycles. The number of ether oxygens (including phenoxy) is 1. The fourth-order valence-corrected chi connectivity index (χ4v) is 1.69. The number of carbonyl (C=O) groups excluding carboxylic acids is 1. The molecule has 0 heterocycles. The van der Waals surface area contributed by atoms with Gasteiger partial charge in [-0.25, -0.2) is 4.79 Å². The monoisotopic (exact) mass is 290 g/mol. The third kappa shape index (κ3) is 4.48. The molecule has 0 spiro atoms. The first-order valence-electron chi connectivity index (χ1n) is 6.22. The topological polar surface area (TPSA) is 50.4 Å². The van der Waals surface area contributed by atoms with E-state index in [1.165, 1.54) is 0 Å². The summed E-state index contributed by atoms with van der Waals surface area (Å²) in [7, 11) is 0. The Morgan fingerprint density at radius 1 is 1.05 bits per heavy atom. The number of urea groups is 1. The van der Waals surface area contributed by atoms with Gasteiger partial charge in [-0.1, -0.05) is 24.3 Å². The molecule has 0 atom stereocenters. The van der Waals surface area contributed by atoms with Crippen LogP contribution in [0.1, 0.15) is 0 Å². The lowest BCUT2D eigenvalue weighted by atomic mass is 10.3. The molecule has 0 aromatic heterocycles. The Balaban J connectivity index is 1.99. The van der Waals surface area contributed by atoms with Crippen LogP contribution < -0.4 is 15.4 Å². The van der Waals surface area contributed by atoms with Gasteiger partial charge >= 0.3 is 6.03 Å². The van der Waals surface area contributed by atoms with Gasteiger partial charge in [0.05, 0.1) is 0 Å². The average molecular weight is 291 g/mol. The van der Waals surface area contributed by atoms with Crippen molar-refractivity contribution in [2.75, 3.05) is 17.7 Å². The molecule has 5 heteroatoms. The van der Waals surface area contributed by atoms with E-state index in [2.05, 4.69) is 10.6 Å². The zero-order valence-electron chi connectivity index (χ0n) is 10.8. The van der Waals surface area contributed by atoms with Crippen molar-refractivity contribution >= 4 is 23.3 Å². The maximum absolute atomic E-state index is 11.5. The van der Waals surface area contributed by atoms with Gasteiger partial charge in [0, 0.05) is 24.2 Å². The first-order valence-corrected chi connectivity index (χ1v) is 6.75. The van der Waals surface area contributed by atoms with Gasteiger partial charge in [-0.2, -0.15) is 0 Å². The van der Waals surface area contributed by atoms with Crippen molar-refractivity contribution < 1.29 is 9.53 Å². The first-order chi connectivity index (χ1) is 9.78. The van der Waals surface area contributed by atoms with E-state index in [9.17, 15) is 4.79 Å². The summed E-state index contributed by atoms with van der Waals surface area (Å²) >= 11 is 5.50. The second kappa shape index (κ2) is 7.40. The smallest absolute Gasteiger partial charge is 0.319 e. The molecule has 2 amide bonds. The molecule has 0 unspecified atom stereocenters. The SMILES string of the molecule is O=C(NCCCl)Nc1cccc(Oc2ccccc2)c1. The van der Waals surface area contributed by atoms with Gasteiger partial charge < -0.3 is 15.4 Å². The molecule has 2 aromatic rings. The van der Waals surface area contributed by atoms with Crippen LogP contribution in [-0.2, 0) is 0 Å². The minimum atomic E-state index is -0.289. The molecule has 20 heavy (non-hydrogen) atoms. The summed E-state index contributed by atoms with van der Waals surface area (Å²) in [6.07, 6.45) is 0. The molecular weight excluding hydrogens is 276 g/mol. The van der Waals surface area contributed by atoms with Crippen molar-refractivity contribution in [3.8, 4) is 11.5 Å². The summed E-state index contributed by atoms with van der Waals surface area (Å²) in [6.45, 7) is 0.424. The lowest BCUT2D eigenvalue weighted by Gasteiger charge is -2.09. The number of para-hydroxylation sites is 1. The number of carbonyl (C=O) groups is 1. The van der Waals surface area contributed by atoms with Crippen molar-refractivity contribution in [1.82, 2.24) is 5.32 Å². The van der Waals surface area contributed by atoms with E-state index in [1.807, 2.05) is 42.5 Å². The highest BCUT2D eigenvalue weighted by molar-refractivity contribution is 6.18. The van der Waals surface area contributed by atoms with E-state index in [4.69, 9.17) is 16.3 Å². The average Bonchev–Trinajstić information content (AvgIpc) is 2.46. The second-order valence-corrected chi connectivity index (χ2v) is 4.39. The normalized spacial score (nSPS) is 9.85. The van der Waals surface area contributed by atoms with Crippen LogP contribution in [0.4, 0.5) is 10.5 Å². The van der Waals surface area contributed by atoms with Crippen LogP contribution in [0.15, 0.2) is 54.6 Å². The molecule has 0 bridgehead atoms. The van der Waals surface area contributed by atoms with Crippen LogP contribution in [0.5, 0.6) is 11.5 Å². The van der Waals surface area contributed by atoms with Crippen LogP contribution in [-0.4, -0.2) is 18.5 Å². The Kier molecular flexibility index (Phi) is 5.26. The molecule has 0 radical (unpaired) electrons. The largest absolute Gasteiger partial charge is 0.457 e. The van der Waals surface area contributed by atoms with Crippen molar-refractivity contribution in [3.63, 3.8) is 0 Å². The first kappa shape index (κ1) is 14.2. The predicted molar refractivity (Wildman–Crippen MR) is 80.7 cm³/mol. The summed E-state index contributed by atoms with van der Waals surface area (Å²) in [5, 5.41) is 5.34. The highest BCUT2D eigenvalue weighted by Crippen LogP contribution is 2.23. The number of hydrogen-bond donors (Lipinski definition) is 2. The van der Waals surface area contributed by atoms with Gasteiger partial charge in [0.15, 0.2) is 0 Å². The van der Waals surface area contributed by atoms with Crippen molar-refractivity contribution in [1.29, 1.82) is 0 Å². The van der Waals surface area contributed by atoms with E-state index < -0.39 is 0 Å². The molecule has 2 rings (SSSR count). The second-order valence-electron chi connectivity index (χ2n) is 4.01. The Labute approximate surface area is 122 Å². The number of anilines is 1. The minimum absolute atomic E-state index is 0.289. The third-order valence-corrected chi connectivity index (χ3v) is 2.64. The van der Waals surface area contributed by atoms with Gasteiger partial charge in [0.25, 0.3) is 0 Å². The maximum Gasteiger partial charge on any atom is 0.319 e. The van der Waals surface area contributed by atoms with Crippen LogP contribution in [0.3, 0.4) is 0 Å². The summed E-state index contributed by atoms with van der Waals surface area (Å²) in [5.74, 6) is 1.78. The van der Waals surface area contributed by atoms with Crippen molar-refractivity contribution in [3.05, 3.63) is 54.6 Å². The Hall–Kier alpha value is -2.20. The molecule has 0 aliphatic rings. The Bertz CT molecular complexity index is 561. The highest BCUT2D eigenvalue weighted by atomic mass is 35.5. The number of halogens is 1. The number of rotatable bonds is 5. The van der Waals surface area contributed by atoms with Crippen molar-refractivity contribution in [2.24, 2.45) is 0 Å². The summed E-state index contributed by atoms with van der Waals surface area (Å²) < 4.78 is 5.69. The number of nitrogens with one attached hydrogen (secondary N) is 2. The zero-order chi connectivity index (χ0) is 14.2. The van der Waals surface area contributed by atoms with Crippen LogP contribution in [0.25, 0.3) is 0 Å². The van der Waals surface area contributed by atoms with Crippen LogP contribution in [0, 0.1) is 0 Å². The highest BCUT2D eigenvalue weighted by Gasteiger charge is 2.02. The quantitative estimate of drug-likeness (QED) is 0.822. The van der Waals surface area contributed by atoms with Crippen LogP contribution in [0.2, 0.25) is 0 Å². The fraction of sp³-hybridized carbons (Fsp3) is 0.133. The molecule has 2 N–H and O–H groups in total. The molecule has 2 aromatic carbocycles. The zero-order valence-corrected chi connectivity index (χ0v) is 11.6. The molecule has 0 fully saturated rings. The summed E-state index contributed by atoms with van der Waals surface area (Å²) in [4.78, 5) is 11.5. The maximum atomic E-state index is 11.5. The van der Waals surface area contributed by atoms with E-state index in [0.717, 1.165) is 5.75 Å². The van der Waals surface area contributed by atoms with Gasteiger partial charge in [0.1, 0.15) is 11.5 Å². The van der Waals surface area contributed by atoms with Gasteiger partial charge in [-0.05, 0) is 24.3 Å². The Morgan fingerprint density at radius 3 is 2.55 bits per heavy atom. The van der Waals surface area contributed by atoms with Gasteiger partial charge in [-0.15, -0.1) is 11.6 Å². The minimum Gasteiger partial charge on any atom is -0.457 e. The number of benzene rings is 2. The third-order valence-electron chi connectivity index (χ3n) is 2.45. The van der Waals surface area contributed by atoms with Crippen LogP contribution >= 0.6 is 11.6 Å². The summed E-state index contributed by atoms with van der Waals surface area (Å²) in [6, 6.07) is 16.4. The molecule has 0 saturated carbocycles. The molecular formula is C15H15ClN2O2. The predicted octanol–water partition coefficient (Wildman–Crippen LogP) is 3.84. The standard InChI is InChI=1S/C15H15ClN2O2/c16-9-10-17-15(19)18-12-5-4-8-14(11-12)20-13-6-2-1-3-7-13/h1-8,11H,9-10H2,(H2,17,18,19). The van der Waals surface area contributed by atoms with E-state index in [-0.39, 0.29) is 6.03 Å². The van der Waals surface area contributed by atoms with Gasteiger partial charge in [-0.3, -0.25) is 0 Å².